The van der Waals surface area contributed by atoms with E-state index in [1.54, 1.807) is 0 Å². The van der Waals surface area contributed by atoms with Crippen LogP contribution >= 0.6 is 0 Å². The molecule has 0 atom stereocenters. The molecule has 0 spiro atoms. The highest BCUT2D eigenvalue weighted by Gasteiger charge is 2.13. The molecule has 0 aliphatic carbocycles. The number of rotatable bonds is 4. The molecule has 1 N–H and O–H groups in total. The molecule has 15 heavy (non-hydrogen) atoms. The molecule has 0 aliphatic rings. The van der Waals surface area contributed by atoms with Crippen LogP contribution < -0.4 is 0 Å². The van der Waals surface area contributed by atoms with Gasteiger partial charge in [0, 0.05) is 0 Å². The number of quaternary nitrogens is 2. The predicted octanol–water partition coefficient (Wildman–Crippen LogP) is 1.43. The minimum Gasteiger partial charge on any atom is -0.353 e. The van der Waals surface area contributed by atoms with Crippen molar-refractivity contribution in [1.82, 2.24) is 4.98 Å². The highest BCUT2D eigenvalue weighted by molar-refractivity contribution is 5.11. The normalized spacial score (nSPS) is 13.2. The van der Waals surface area contributed by atoms with Gasteiger partial charge in [-0.3, -0.25) is 0 Å². The highest BCUT2D eigenvalue weighted by atomic mass is 15.3. The van der Waals surface area contributed by atoms with Gasteiger partial charge < -0.3 is 14.0 Å². The Kier molecular flexibility index (Phi) is 3.26. The summed E-state index contributed by atoms with van der Waals surface area (Å²) in [5.41, 5.74) is 2.65. The zero-order valence-electron chi connectivity index (χ0n) is 11.0. The van der Waals surface area contributed by atoms with Crippen molar-refractivity contribution >= 4 is 0 Å². The van der Waals surface area contributed by atoms with Gasteiger partial charge in [-0.2, -0.15) is 0 Å². The van der Waals surface area contributed by atoms with E-state index in [-0.39, 0.29) is 0 Å². The number of H-pyrrole nitrogens is 1. The summed E-state index contributed by atoms with van der Waals surface area (Å²) in [6.07, 6.45) is 0. The second kappa shape index (κ2) is 3.99. The first-order valence-electron chi connectivity index (χ1n) is 5.43. The van der Waals surface area contributed by atoms with Gasteiger partial charge in [0.25, 0.3) is 0 Å². The molecule has 1 rings (SSSR count). The van der Waals surface area contributed by atoms with Crippen LogP contribution in [0.1, 0.15) is 11.4 Å². The van der Waals surface area contributed by atoms with Crippen LogP contribution in [0.5, 0.6) is 0 Å². The van der Waals surface area contributed by atoms with Crippen molar-refractivity contribution in [3.8, 4) is 0 Å². The third kappa shape index (κ3) is 5.00. The Hall–Kier alpha value is -0.800. The molecule has 0 radical (unpaired) electrons. The Morgan fingerprint density at radius 2 is 1.13 bits per heavy atom. The van der Waals surface area contributed by atoms with E-state index in [1.165, 1.54) is 11.4 Å². The molecule has 0 saturated carbocycles. The van der Waals surface area contributed by atoms with Crippen molar-refractivity contribution in [1.29, 1.82) is 0 Å². The van der Waals surface area contributed by atoms with E-state index < -0.39 is 0 Å². The third-order valence-corrected chi connectivity index (χ3v) is 2.10. The number of hydrogen-bond donors (Lipinski definition) is 1. The Balaban J connectivity index is 2.65. The van der Waals surface area contributed by atoms with E-state index >= 15 is 0 Å². The van der Waals surface area contributed by atoms with Gasteiger partial charge in [0.15, 0.2) is 0 Å². The molecule has 86 valence electrons. The molecule has 1 aromatic rings. The molecule has 0 aliphatic heterocycles. The fourth-order valence-electron chi connectivity index (χ4n) is 1.70. The van der Waals surface area contributed by atoms with E-state index in [4.69, 9.17) is 0 Å². The summed E-state index contributed by atoms with van der Waals surface area (Å²) in [7, 11) is 13.3. The van der Waals surface area contributed by atoms with Crippen molar-refractivity contribution in [2.45, 2.75) is 13.1 Å². The average molecular weight is 211 g/mol. The summed E-state index contributed by atoms with van der Waals surface area (Å²) < 4.78 is 1.93. The quantitative estimate of drug-likeness (QED) is 0.725. The molecular formula is C12H25N3+2. The van der Waals surface area contributed by atoms with Gasteiger partial charge >= 0.3 is 0 Å². The highest BCUT2D eigenvalue weighted by Crippen LogP contribution is 2.10. The van der Waals surface area contributed by atoms with Crippen molar-refractivity contribution in [2.75, 3.05) is 42.3 Å². The summed E-state index contributed by atoms with van der Waals surface area (Å²) >= 11 is 0. The SMILES string of the molecule is C[N+](C)(C)Cc1ccc(C[N+](C)(C)C)[nH]1. The molecule has 0 unspecified atom stereocenters. The lowest BCUT2D eigenvalue weighted by molar-refractivity contribution is -0.885. The van der Waals surface area contributed by atoms with E-state index in [2.05, 4.69) is 59.4 Å². The van der Waals surface area contributed by atoms with Crippen molar-refractivity contribution in [3.63, 3.8) is 0 Å². The molecule has 0 saturated heterocycles. The lowest BCUT2D eigenvalue weighted by Crippen LogP contribution is -2.34. The first-order valence-corrected chi connectivity index (χ1v) is 5.43. The number of nitrogens with one attached hydrogen (secondary N) is 1. The Morgan fingerprint density at radius 3 is 1.40 bits per heavy atom. The molecule has 0 bridgehead atoms. The van der Waals surface area contributed by atoms with E-state index in [0.29, 0.717) is 0 Å². The Morgan fingerprint density at radius 1 is 0.800 bits per heavy atom. The average Bonchev–Trinajstić information content (AvgIpc) is 2.28. The third-order valence-electron chi connectivity index (χ3n) is 2.10. The van der Waals surface area contributed by atoms with Gasteiger partial charge in [-0.15, -0.1) is 0 Å². The second-order valence-electron chi connectivity index (χ2n) is 6.41. The maximum atomic E-state index is 3.50. The first-order chi connectivity index (χ1) is 6.66. The largest absolute Gasteiger partial charge is 0.353 e. The monoisotopic (exact) mass is 211 g/mol. The number of nitrogens with zero attached hydrogens (tertiary/aromatic N) is 2. The topological polar surface area (TPSA) is 15.8 Å². The van der Waals surface area contributed by atoms with E-state index in [0.717, 1.165) is 22.1 Å². The zero-order valence-corrected chi connectivity index (χ0v) is 11.0. The molecule has 3 heteroatoms. The maximum absolute atomic E-state index is 3.50. The number of aromatic nitrogens is 1. The molecule has 1 aromatic heterocycles. The van der Waals surface area contributed by atoms with Crippen LogP contribution in [0.4, 0.5) is 0 Å². The van der Waals surface area contributed by atoms with Crippen LogP contribution in [0.15, 0.2) is 12.1 Å². The molecular weight excluding hydrogens is 186 g/mol. The first kappa shape index (κ1) is 12.3. The molecule has 1 heterocycles. The lowest BCUT2D eigenvalue weighted by Gasteiger charge is -2.24. The van der Waals surface area contributed by atoms with Crippen LogP contribution in [-0.4, -0.2) is 56.2 Å². The maximum Gasteiger partial charge on any atom is 0.119 e. The van der Waals surface area contributed by atoms with Gasteiger partial charge in [-0.1, -0.05) is 0 Å². The number of aromatic amines is 1. The molecule has 0 amide bonds. The summed E-state index contributed by atoms with van der Waals surface area (Å²) in [5.74, 6) is 0. The van der Waals surface area contributed by atoms with Crippen molar-refractivity contribution in [2.24, 2.45) is 0 Å². The van der Waals surface area contributed by atoms with Crippen LogP contribution in [-0.2, 0) is 13.1 Å². The van der Waals surface area contributed by atoms with Crippen LogP contribution in [0, 0.1) is 0 Å². The molecule has 0 fully saturated rings. The molecule has 3 nitrogen and oxygen atoms in total. The van der Waals surface area contributed by atoms with Gasteiger partial charge in [0.05, 0.1) is 53.7 Å². The Labute approximate surface area is 93.5 Å². The summed E-state index contributed by atoms with van der Waals surface area (Å²) in [4.78, 5) is 3.50. The van der Waals surface area contributed by atoms with E-state index in [9.17, 15) is 0 Å². The summed E-state index contributed by atoms with van der Waals surface area (Å²) in [6.45, 7) is 2.11. The fourth-order valence-corrected chi connectivity index (χ4v) is 1.70. The minimum atomic E-state index is 0.963. The predicted molar refractivity (Wildman–Crippen MR) is 64.3 cm³/mol. The van der Waals surface area contributed by atoms with Gasteiger partial charge in [-0.25, -0.2) is 0 Å². The summed E-state index contributed by atoms with van der Waals surface area (Å²) in [5, 5.41) is 0. The van der Waals surface area contributed by atoms with Crippen molar-refractivity contribution < 1.29 is 8.97 Å². The van der Waals surface area contributed by atoms with Gasteiger partial charge in [0.2, 0.25) is 0 Å². The standard InChI is InChI=1S/C12H25N3/c1-14(2,3)9-11-7-8-12(13-11)10-15(4,5)6/h7-8,13H,9-10H2,1-6H3/q+2. The minimum absolute atomic E-state index is 0.963. The van der Waals surface area contributed by atoms with Crippen molar-refractivity contribution in [3.05, 3.63) is 23.5 Å². The summed E-state index contributed by atoms with van der Waals surface area (Å²) in [6, 6.07) is 4.41. The molecule has 0 aromatic carbocycles. The van der Waals surface area contributed by atoms with E-state index in [1.807, 2.05) is 0 Å². The van der Waals surface area contributed by atoms with Crippen LogP contribution in [0.25, 0.3) is 0 Å². The lowest BCUT2D eigenvalue weighted by atomic mass is 10.3. The Bertz CT molecular complexity index is 282. The zero-order chi connectivity index (χ0) is 11.7. The fraction of sp³-hybridized carbons (Fsp3) is 0.667. The van der Waals surface area contributed by atoms with Gasteiger partial charge in [0.1, 0.15) is 13.1 Å². The van der Waals surface area contributed by atoms with Crippen LogP contribution in [0.2, 0.25) is 0 Å². The smallest absolute Gasteiger partial charge is 0.119 e. The van der Waals surface area contributed by atoms with Crippen LogP contribution in [0.3, 0.4) is 0 Å². The number of hydrogen-bond acceptors (Lipinski definition) is 0. The second-order valence-corrected chi connectivity index (χ2v) is 6.41. The van der Waals surface area contributed by atoms with Gasteiger partial charge in [-0.05, 0) is 12.1 Å².